The summed E-state index contributed by atoms with van der Waals surface area (Å²) in [6.45, 7) is 2.03. The fourth-order valence-corrected chi connectivity index (χ4v) is 5.03. The number of rotatable bonds is 6. The largest absolute Gasteiger partial charge is 0.497 e. The van der Waals surface area contributed by atoms with E-state index in [1.807, 2.05) is 13.0 Å². The van der Waals surface area contributed by atoms with Gasteiger partial charge in [-0.1, -0.05) is 0 Å². The summed E-state index contributed by atoms with van der Waals surface area (Å²) in [5.41, 5.74) is 1.33. The Kier molecular flexibility index (Phi) is 5.27. The zero-order chi connectivity index (χ0) is 19.8. The number of benzene rings is 1. The maximum atomic E-state index is 12.5. The summed E-state index contributed by atoms with van der Waals surface area (Å²) in [6, 6.07) is 8.58. The van der Waals surface area contributed by atoms with Gasteiger partial charge in [-0.05, 0) is 37.3 Å². The maximum Gasteiger partial charge on any atom is 0.287 e. The van der Waals surface area contributed by atoms with Crippen LogP contribution in [-0.4, -0.2) is 39.8 Å². The molecular formula is C18H20N2O5S2. The van der Waals surface area contributed by atoms with Crippen molar-refractivity contribution in [3.8, 4) is 5.75 Å². The third-order valence-electron chi connectivity index (χ3n) is 4.14. The van der Waals surface area contributed by atoms with Gasteiger partial charge in [0.15, 0.2) is 5.76 Å². The number of methoxy groups -OCH3 is 1. The molecule has 0 saturated heterocycles. The number of carbonyl (C=O) groups excluding carboxylic acids is 1. The summed E-state index contributed by atoms with van der Waals surface area (Å²) in [4.78, 5) is 13.3. The minimum absolute atomic E-state index is 0.215. The highest BCUT2D eigenvalue weighted by Crippen LogP contribution is 2.29. The number of nitrogens with zero attached hydrogens (tertiary/aromatic N) is 1. The van der Waals surface area contributed by atoms with Crippen LogP contribution in [0.5, 0.6) is 5.75 Å². The number of ether oxygens (including phenoxy) is 1. The monoisotopic (exact) mass is 408 g/mol. The highest BCUT2D eigenvalue weighted by molar-refractivity contribution is 7.91. The van der Waals surface area contributed by atoms with Crippen molar-refractivity contribution in [3.05, 3.63) is 46.5 Å². The number of thiophene rings is 1. The summed E-state index contributed by atoms with van der Waals surface area (Å²) < 4.78 is 36.5. The SMILES string of the molecule is COc1ccc2oc(C(=O)NCc3ccc(S(=O)(=O)N(C)C)s3)c(C)c2c1. The lowest BCUT2D eigenvalue weighted by Gasteiger charge is -2.08. The Bertz CT molecular complexity index is 1100. The average Bonchev–Trinajstić information content (AvgIpc) is 3.25. The molecule has 0 spiro atoms. The molecule has 144 valence electrons. The molecule has 0 aliphatic heterocycles. The van der Waals surface area contributed by atoms with Crippen molar-refractivity contribution in [3.63, 3.8) is 0 Å². The van der Waals surface area contributed by atoms with Gasteiger partial charge in [-0.3, -0.25) is 4.79 Å². The molecule has 9 heteroatoms. The van der Waals surface area contributed by atoms with Crippen molar-refractivity contribution in [2.45, 2.75) is 17.7 Å². The predicted molar refractivity (Wildman–Crippen MR) is 104 cm³/mol. The van der Waals surface area contributed by atoms with E-state index in [-0.39, 0.29) is 22.4 Å². The molecule has 0 aliphatic carbocycles. The van der Waals surface area contributed by atoms with Crippen molar-refractivity contribution in [2.24, 2.45) is 0 Å². The second-order valence-electron chi connectivity index (χ2n) is 6.11. The Morgan fingerprint density at radius 2 is 2.00 bits per heavy atom. The van der Waals surface area contributed by atoms with Gasteiger partial charge in [-0.15, -0.1) is 11.3 Å². The number of sulfonamides is 1. The van der Waals surface area contributed by atoms with Crippen molar-refractivity contribution >= 4 is 38.2 Å². The first-order valence-electron chi connectivity index (χ1n) is 8.10. The van der Waals surface area contributed by atoms with E-state index >= 15 is 0 Å². The number of furan rings is 1. The molecular weight excluding hydrogens is 388 g/mol. The fourth-order valence-electron chi connectivity index (χ4n) is 2.56. The van der Waals surface area contributed by atoms with Gasteiger partial charge in [0, 0.05) is 29.9 Å². The van der Waals surface area contributed by atoms with Crippen molar-refractivity contribution in [2.75, 3.05) is 21.2 Å². The van der Waals surface area contributed by atoms with Gasteiger partial charge in [0.25, 0.3) is 15.9 Å². The number of carbonyl (C=O) groups is 1. The van der Waals surface area contributed by atoms with E-state index < -0.39 is 10.0 Å². The van der Waals surface area contributed by atoms with Crippen LogP contribution in [-0.2, 0) is 16.6 Å². The first-order chi connectivity index (χ1) is 12.7. The van der Waals surface area contributed by atoms with Crippen LogP contribution in [0, 0.1) is 6.92 Å². The van der Waals surface area contributed by atoms with E-state index in [1.165, 1.54) is 14.1 Å². The van der Waals surface area contributed by atoms with E-state index in [4.69, 9.17) is 9.15 Å². The van der Waals surface area contributed by atoms with E-state index in [2.05, 4.69) is 5.32 Å². The summed E-state index contributed by atoms with van der Waals surface area (Å²) in [5, 5.41) is 3.59. The number of fused-ring (bicyclic) bond motifs is 1. The summed E-state index contributed by atoms with van der Waals surface area (Å²) in [5.74, 6) is 0.565. The summed E-state index contributed by atoms with van der Waals surface area (Å²) in [6.07, 6.45) is 0. The molecule has 0 unspecified atom stereocenters. The Morgan fingerprint density at radius 1 is 1.26 bits per heavy atom. The molecule has 0 fully saturated rings. The molecule has 2 aromatic heterocycles. The number of hydrogen-bond donors (Lipinski definition) is 1. The highest BCUT2D eigenvalue weighted by atomic mass is 32.2. The van der Waals surface area contributed by atoms with Crippen LogP contribution in [0.15, 0.2) is 39.0 Å². The van der Waals surface area contributed by atoms with Gasteiger partial charge in [0.2, 0.25) is 0 Å². The molecule has 0 saturated carbocycles. The second-order valence-corrected chi connectivity index (χ2v) is 9.66. The minimum atomic E-state index is -3.47. The Labute approximate surface area is 161 Å². The molecule has 0 aliphatic rings. The smallest absolute Gasteiger partial charge is 0.287 e. The first kappa shape index (κ1) is 19.4. The van der Waals surface area contributed by atoms with E-state index in [1.54, 1.807) is 31.4 Å². The molecule has 1 aromatic carbocycles. The molecule has 27 heavy (non-hydrogen) atoms. The van der Waals surface area contributed by atoms with Gasteiger partial charge in [-0.2, -0.15) is 0 Å². The number of hydrogen-bond acceptors (Lipinski definition) is 6. The van der Waals surface area contributed by atoms with Crippen LogP contribution in [0.4, 0.5) is 0 Å². The van der Waals surface area contributed by atoms with Gasteiger partial charge < -0.3 is 14.5 Å². The third-order valence-corrected chi connectivity index (χ3v) is 7.51. The van der Waals surface area contributed by atoms with Gasteiger partial charge >= 0.3 is 0 Å². The average molecular weight is 409 g/mol. The zero-order valence-corrected chi connectivity index (χ0v) is 17.0. The lowest BCUT2D eigenvalue weighted by atomic mass is 10.1. The first-order valence-corrected chi connectivity index (χ1v) is 10.4. The molecule has 3 aromatic rings. The fraction of sp³-hybridized carbons (Fsp3) is 0.278. The number of amides is 1. The molecule has 0 bridgehead atoms. The van der Waals surface area contributed by atoms with E-state index in [9.17, 15) is 13.2 Å². The number of nitrogens with one attached hydrogen (secondary N) is 1. The molecule has 0 atom stereocenters. The molecule has 3 rings (SSSR count). The normalized spacial score (nSPS) is 11.9. The Balaban J connectivity index is 1.76. The van der Waals surface area contributed by atoms with E-state index in [0.717, 1.165) is 31.5 Å². The molecule has 1 N–H and O–H groups in total. The summed E-state index contributed by atoms with van der Waals surface area (Å²) in [7, 11) is 1.07. The molecule has 7 nitrogen and oxygen atoms in total. The molecule has 1 amide bonds. The molecule has 2 heterocycles. The lowest BCUT2D eigenvalue weighted by Crippen LogP contribution is -2.22. The summed E-state index contributed by atoms with van der Waals surface area (Å²) >= 11 is 1.13. The number of aryl methyl sites for hydroxylation is 1. The van der Waals surface area contributed by atoms with Crippen molar-refractivity contribution in [1.82, 2.24) is 9.62 Å². The van der Waals surface area contributed by atoms with Crippen LogP contribution in [0.3, 0.4) is 0 Å². The van der Waals surface area contributed by atoms with Crippen LogP contribution in [0.25, 0.3) is 11.0 Å². The van der Waals surface area contributed by atoms with Crippen LogP contribution < -0.4 is 10.1 Å². The van der Waals surface area contributed by atoms with Crippen LogP contribution in [0.2, 0.25) is 0 Å². The topological polar surface area (TPSA) is 88.8 Å². The highest BCUT2D eigenvalue weighted by Gasteiger charge is 2.21. The Morgan fingerprint density at radius 3 is 2.67 bits per heavy atom. The van der Waals surface area contributed by atoms with E-state index in [0.29, 0.717) is 11.3 Å². The van der Waals surface area contributed by atoms with Crippen LogP contribution >= 0.6 is 11.3 Å². The zero-order valence-electron chi connectivity index (χ0n) is 15.4. The van der Waals surface area contributed by atoms with Crippen LogP contribution in [0.1, 0.15) is 21.0 Å². The van der Waals surface area contributed by atoms with Gasteiger partial charge in [-0.25, -0.2) is 12.7 Å². The van der Waals surface area contributed by atoms with Crippen molar-refractivity contribution < 1.29 is 22.4 Å². The standard InChI is InChI=1S/C18H20N2O5S2/c1-11-14-9-12(24-4)5-7-15(14)25-17(11)18(21)19-10-13-6-8-16(26-13)27(22,23)20(2)3/h5-9H,10H2,1-4H3,(H,19,21). The van der Waals surface area contributed by atoms with Gasteiger partial charge in [0.1, 0.15) is 15.5 Å². The Hall–Kier alpha value is -2.36. The second kappa shape index (κ2) is 7.34. The molecule has 0 radical (unpaired) electrons. The lowest BCUT2D eigenvalue weighted by molar-refractivity contribution is 0.0925. The minimum Gasteiger partial charge on any atom is -0.497 e. The maximum absolute atomic E-state index is 12.5. The predicted octanol–water partition coefficient (Wildman–Crippen LogP) is 2.99. The third kappa shape index (κ3) is 3.71. The van der Waals surface area contributed by atoms with Gasteiger partial charge in [0.05, 0.1) is 13.7 Å². The quantitative estimate of drug-likeness (QED) is 0.677. The van der Waals surface area contributed by atoms with Crippen molar-refractivity contribution in [1.29, 1.82) is 0 Å².